The van der Waals surface area contributed by atoms with Gasteiger partial charge in [0, 0.05) is 0 Å². The lowest BCUT2D eigenvalue weighted by Crippen LogP contribution is -2.43. The fourth-order valence-electron chi connectivity index (χ4n) is 1.03. The van der Waals surface area contributed by atoms with Gasteiger partial charge in [0.1, 0.15) is 0 Å². The van der Waals surface area contributed by atoms with E-state index in [1.54, 1.807) is 0 Å². The number of nitrogens with one attached hydrogen (secondary N) is 1. The molecule has 1 amide bonds. The molecule has 0 aliphatic carbocycles. The van der Waals surface area contributed by atoms with E-state index in [4.69, 9.17) is 5.73 Å². The van der Waals surface area contributed by atoms with Crippen LogP contribution < -0.4 is 11.1 Å². The van der Waals surface area contributed by atoms with E-state index in [2.05, 4.69) is 5.32 Å². The van der Waals surface area contributed by atoms with Crippen molar-refractivity contribution < 1.29 is 9.59 Å². The second kappa shape index (κ2) is 5.71. The van der Waals surface area contributed by atoms with Gasteiger partial charge in [0.15, 0.2) is 0 Å². The zero-order valence-corrected chi connectivity index (χ0v) is 7.59. The topological polar surface area (TPSA) is 72.2 Å². The number of hydrogen-bond acceptors (Lipinski definition) is 3. The van der Waals surface area contributed by atoms with E-state index in [9.17, 15) is 9.59 Å². The van der Waals surface area contributed by atoms with Crippen LogP contribution in [0, 0.1) is 0 Å². The first kappa shape index (κ1) is 11.1. The number of Topliss-reactive ketones (excluding diaryl/α,β-unsaturated/α-hetero) is 1. The molecule has 0 radical (unpaired) electrons. The Morgan fingerprint density at radius 3 is 2.33 bits per heavy atom. The number of likely N-dealkylation sites (N-methyl/N-ethyl adjacent to an activating group) is 1. The predicted octanol–water partition coefficient (Wildman–Crippen LogP) is -0.181. The van der Waals surface area contributed by atoms with Crippen LogP contribution in [0.3, 0.4) is 0 Å². The molecule has 1 unspecified atom stereocenters. The summed E-state index contributed by atoms with van der Waals surface area (Å²) in [5, 5.41) is 2.91. The second-order valence-electron chi connectivity index (χ2n) is 2.63. The summed E-state index contributed by atoms with van der Waals surface area (Å²) < 4.78 is 0. The van der Waals surface area contributed by atoms with Gasteiger partial charge in [-0.25, -0.2) is 0 Å². The lowest BCUT2D eigenvalue weighted by molar-refractivity contribution is -0.137. The van der Waals surface area contributed by atoms with E-state index in [1.165, 1.54) is 0 Å². The van der Waals surface area contributed by atoms with E-state index >= 15 is 0 Å². The van der Waals surface area contributed by atoms with Gasteiger partial charge in [-0.3, -0.25) is 9.59 Å². The summed E-state index contributed by atoms with van der Waals surface area (Å²) in [6.07, 6.45) is 1.52. The first-order chi connectivity index (χ1) is 5.63. The van der Waals surface area contributed by atoms with Gasteiger partial charge >= 0.3 is 0 Å². The highest BCUT2D eigenvalue weighted by Crippen LogP contribution is 1.97. The van der Waals surface area contributed by atoms with Crippen LogP contribution in [0.4, 0.5) is 0 Å². The van der Waals surface area contributed by atoms with Crippen molar-refractivity contribution in [2.45, 2.75) is 32.7 Å². The summed E-state index contributed by atoms with van der Waals surface area (Å²) in [5.41, 5.74) is 4.87. The predicted molar refractivity (Wildman–Crippen MR) is 46.6 cm³/mol. The standard InChI is InChI=1S/C8H16N2O2/c1-3-5-6(10-4-2)7(11)8(9)12/h6,10H,3-5H2,1-2H3,(H2,9,12). The second-order valence-corrected chi connectivity index (χ2v) is 2.63. The number of ketones is 1. The zero-order chi connectivity index (χ0) is 9.56. The summed E-state index contributed by atoms with van der Waals surface area (Å²) in [5.74, 6) is -1.37. The van der Waals surface area contributed by atoms with E-state index in [-0.39, 0.29) is 0 Å². The number of hydrogen-bond donors (Lipinski definition) is 2. The molecule has 0 bridgehead atoms. The Balaban J connectivity index is 4.08. The molecule has 0 spiro atoms. The normalized spacial score (nSPS) is 12.5. The van der Waals surface area contributed by atoms with Gasteiger partial charge in [-0.05, 0) is 13.0 Å². The number of rotatable bonds is 6. The largest absolute Gasteiger partial charge is 0.363 e. The van der Waals surface area contributed by atoms with Crippen LogP contribution in [0.2, 0.25) is 0 Å². The van der Waals surface area contributed by atoms with Crippen LogP contribution in [0.1, 0.15) is 26.7 Å². The number of carbonyl (C=O) groups excluding carboxylic acids is 2. The Labute approximate surface area is 72.5 Å². The summed E-state index contributed by atoms with van der Waals surface area (Å²) in [4.78, 5) is 21.6. The van der Waals surface area contributed by atoms with Gasteiger partial charge < -0.3 is 11.1 Å². The van der Waals surface area contributed by atoms with Gasteiger partial charge in [-0.1, -0.05) is 20.3 Å². The molecule has 0 heterocycles. The summed E-state index contributed by atoms with van der Waals surface area (Å²) in [6.45, 7) is 4.51. The maximum atomic E-state index is 11.1. The number of carbonyl (C=O) groups is 2. The maximum Gasteiger partial charge on any atom is 0.286 e. The van der Waals surface area contributed by atoms with Crippen LogP contribution in [-0.4, -0.2) is 24.3 Å². The highest BCUT2D eigenvalue weighted by molar-refractivity contribution is 6.37. The van der Waals surface area contributed by atoms with Gasteiger partial charge in [-0.2, -0.15) is 0 Å². The van der Waals surface area contributed by atoms with E-state index < -0.39 is 17.7 Å². The maximum absolute atomic E-state index is 11.1. The molecule has 0 aliphatic heterocycles. The fourth-order valence-corrected chi connectivity index (χ4v) is 1.03. The van der Waals surface area contributed by atoms with Crippen molar-refractivity contribution in [3.8, 4) is 0 Å². The molecule has 70 valence electrons. The van der Waals surface area contributed by atoms with Crippen LogP contribution in [0.5, 0.6) is 0 Å². The van der Waals surface area contributed by atoms with Crippen molar-refractivity contribution in [3.63, 3.8) is 0 Å². The van der Waals surface area contributed by atoms with Crippen molar-refractivity contribution >= 4 is 11.7 Å². The van der Waals surface area contributed by atoms with Crippen LogP contribution in [-0.2, 0) is 9.59 Å². The Hall–Kier alpha value is -0.900. The molecule has 4 heteroatoms. The molecule has 0 saturated heterocycles. The molecule has 12 heavy (non-hydrogen) atoms. The number of nitrogens with two attached hydrogens (primary N) is 1. The van der Waals surface area contributed by atoms with E-state index in [0.717, 1.165) is 6.42 Å². The highest BCUT2D eigenvalue weighted by Gasteiger charge is 2.20. The molecule has 0 aromatic rings. The first-order valence-electron chi connectivity index (χ1n) is 4.20. The molecule has 0 aromatic heterocycles. The van der Waals surface area contributed by atoms with Gasteiger partial charge in [0.2, 0.25) is 5.78 Å². The third-order valence-corrected chi connectivity index (χ3v) is 1.59. The molecule has 0 fully saturated rings. The number of primary amides is 1. The summed E-state index contributed by atoms with van der Waals surface area (Å²) in [6, 6.07) is -0.391. The van der Waals surface area contributed by atoms with Crippen molar-refractivity contribution in [1.29, 1.82) is 0 Å². The SMILES string of the molecule is CCCC(NCC)C(=O)C(N)=O. The molecule has 4 nitrogen and oxygen atoms in total. The first-order valence-corrected chi connectivity index (χ1v) is 4.20. The third kappa shape index (κ3) is 3.48. The minimum Gasteiger partial charge on any atom is -0.363 e. The Morgan fingerprint density at radius 1 is 1.42 bits per heavy atom. The third-order valence-electron chi connectivity index (χ3n) is 1.59. The molecule has 0 aromatic carbocycles. The number of amides is 1. The molecule has 3 N–H and O–H groups in total. The molecule has 0 aliphatic rings. The minimum atomic E-state index is -0.852. The van der Waals surface area contributed by atoms with Crippen LogP contribution >= 0.6 is 0 Å². The van der Waals surface area contributed by atoms with Crippen LogP contribution in [0.25, 0.3) is 0 Å². The van der Waals surface area contributed by atoms with Crippen molar-refractivity contribution in [2.75, 3.05) is 6.54 Å². The molecule has 0 rings (SSSR count). The minimum absolute atomic E-state index is 0.391. The molecular formula is C8H16N2O2. The quantitative estimate of drug-likeness (QED) is 0.546. The Kier molecular flexibility index (Phi) is 5.28. The Bertz CT molecular complexity index is 162. The molecule has 0 saturated carbocycles. The van der Waals surface area contributed by atoms with E-state index in [0.29, 0.717) is 13.0 Å². The van der Waals surface area contributed by atoms with Gasteiger partial charge in [-0.15, -0.1) is 0 Å². The lowest BCUT2D eigenvalue weighted by atomic mass is 10.1. The van der Waals surface area contributed by atoms with Crippen molar-refractivity contribution in [3.05, 3.63) is 0 Å². The van der Waals surface area contributed by atoms with Crippen LogP contribution in [0.15, 0.2) is 0 Å². The highest BCUT2D eigenvalue weighted by atomic mass is 16.2. The smallest absolute Gasteiger partial charge is 0.286 e. The van der Waals surface area contributed by atoms with Crippen molar-refractivity contribution in [2.24, 2.45) is 5.73 Å². The Morgan fingerprint density at radius 2 is 2.00 bits per heavy atom. The summed E-state index contributed by atoms with van der Waals surface area (Å²) in [7, 11) is 0. The zero-order valence-electron chi connectivity index (χ0n) is 7.59. The monoisotopic (exact) mass is 172 g/mol. The lowest BCUT2D eigenvalue weighted by Gasteiger charge is -2.12. The van der Waals surface area contributed by atoms with Gasteiger partial charge in [0.05, 0.1) is 6.04 Å². The molecular weight excluding hydrogens is 156 g/mol. The molecule has 1 atom stereocenters. The average molecular weight is 172 g/mol. The van der Waals surface area contributed by atoms with Crippen molar-refractivity contribution in [1.82, 2.24) is 5.32 Å². The fraction of sp³-hybridized carbons (Fsp3) is 0.750. The van der Waals surface area contributed by atoms with Gasteiger partial charge in [0.25, 0.3) is 5.91 Å². The summed E-state index contributed by atoms with van der Waals surface area (Å²) >= 11 is 0. The van der Waals surface area contributed by atoms with E-state index in [1.807, 2.05) is 13.8 Å². The average Bonchev–Trinajstić information content (AvgIpc) is 2.03.